The topological polar surface area (TPSA) is 43.8 Å². The number of nitrogens with two attached hydrogens (primary N) is 1. The lowest BCUT2D eigenvalue weighted by Gasteiger charge is -2.23. The van der Waals surface area contributed by atoms with Crippen molar-refractivity contribution >= 4 is 27.3 Å². The Morgan fingerprint density at radius 3 is 3.24 bits per heavy atom. The molecule has 3 nitrogen and oxygen atoms in total. The van der Waals surface area contributed by atoms with Crippen LogP contribution in [0.15, 0.2) is 22.1 Å². The molecule has 1 atom stereocenters. The van der Waals surface area contributed by atoms with Crippen molar-refractivity contribution in [3.8, 4) is 0 Å². The molecule has 0 aromatic carbocycles. The third-order valence-electron chi connectivity index (χ3n) is 3.19. The zero-order valence-electron chi connectivity index (χ0n) is 9.40. The largest absolute Gasteiger partial charge is 0.315 e. The first-order valence-corrected chi connectivity index (χ1v) is 7.46. The smallest absolute Gasteiger partial charge is 0.127 e. The molecule has 5 heteroatoms. The van der Waals surface area contributed by atoms with Crippen LogP contribution < -0.4 is 5.73 Å². The van der Waals surface area contributed by atoms with Gasteiger partial charge in [-0.25, -0.2) is 4.98 Å². The molecular formula is C12H14BrN3S. The number of nitrogens with zero attached hydrogens (tertiary/aromatic N) is 2. The first-order chi connectivity index (χ1) is 8.25. The highest BCUT2D eigenvalue weighted by atomic mass is 79.9. The summed E-state index contributed by atoms with van der Waals surface area (Å²) in [6, 6.07) is 4.23. The van der Waals surface area contributed by atoms with Crippen molar-refractivity contribution < 1.29 is 0 Å². The van der Waals surface area contributed by atoms with Crippen molar-refractivity contribution in [2.45, 2.75) is 31.8 Å². The van der Waals surface area contributed by atoms with Crippen molar-refractivity contribution in [2.24, 2.45) is 5.73 Å². The lowest BCUT2D eigenvalue weighted by atomic mass is 10.1. The normalized spacial score (nSPS) is 19.3. The Kier molecular flexibility index (Phi) is 3.06. The molecule has 1 aliphatic heterocycles. The number of fused-ring (bicyclic) bond motifs is 1. The molecule has 0 radical (unpaired) electrons. The Bertz CT molecular complexity index is 518. The van der Waals surface area contributed by atoms with E-state index in [0.717, 1.165) is 36.1 Å². The quantitative estimate of drug-likeness (QED) is 0.926. The van der Waals surface area contributed by atoms with Crippen LogP contribution in [0.25, 0.3) is 0 Å². The van der Waals surface area contributed by atoms with Gasteiger partial charge in [0.1, 0.15) is 10.4 Å². The summed E-state index contributed by atoms with van der Waals surface area (Å²) in [4.78, 5) is 5.96. The molecule has 2 aromatic heterocycles. The summed E-state index contributed by atoms with van der Waals surface area (Å²) in [6.07, 6.45) is 4.25. The highest BCUT2D eigenvalue weighted by Crippen LogP contribution is 2.30. The molecule has 0 amide bonds. The van der Waals surface area contributed by atoms with Crippen molar-refractivity contribution in [2.75, 3.05) is 0 Å². The molecule has 2 N–H and O–H groups in total. The lowest BCUT2D eigenvalue weighted by Crippen LogP contribution is -2.26. The molecule has 1 aliphatic rings. The molecular weight excluding hydrogens is 298 g/mol. The summed E-state index contributed by atoms with van der Waals surface area (Å²) < 4.78 is 3.19. The number of hydrogen-bond acceptors (Lipinski definition) is 3. The van der Waals surface area contributed by atoms with Gasteiger partial charge in [-0.15, -0.1) is 11.3 Å². The standard InChI is InChI=1S/C12H14BrN3S/c13-12-9-4-1-5-10(14)16(9)11(15-12)7-8-3-2-6-17-8/h2-3,6,10H,1,4-5,7,14H2. The van der Waals surface area contributed by atoms with E-state index in [1.165, 1.54) is 10.6 Å². The summed E-state index contributed by atoms with van der Waals surface area (Å²) in [5.41, 5.74) is 7.45. The fourth-order valence-corrected chi connectivity index (χ4v) is 3.70. The first-order valence-electron chi connectivity index (χ1n) is 5.79. The summed E-state index contributed by atoms with van der Waals surface area (Å²) in [7, 11) is 0. The third-order valence-corrected chi connectivity index (χ3v) is 4.70. The molecule has 0 spiro atoms. The summed E-state index contributed by atoms with van der Waals surface area (Å²) in [6.45, 7) is 0. The van der Waals surface area contributed by atoms with Crippen LogP contribution in [-0.2, 0) is 12.8 Å². The van der Waals surface area contributed by atoms with Gasteiger partial charge in [0.05, 0.1) is 11.9 Å². The highest BCUT2D eigenvalue weighted by Gasteiger charge is 2.23. The number of imidazole rings is 1. The van der Waals surface area contributed by atoms with Crippen molar-refractivity contribution in [1.82, 2.24) is 9.55 Å². The van der Waals surface area contributed by atoms with Crippen LogP contribution in [0.5, 0.6) is 0 Å². The van der Waals surface area contributed by atoms with Crippen LogP contribution >= 0.6 is 27.3 Å². The van der Waals surface area contributed by atoms with Crippen molar-refractivity contribution in [3.63, 3.8) is 0 Å². The Morgan fingerprint density at radius 1 is 1.59 bits per heavy atom. The fraction of sp³-hybridized carbons (Fsp3) is 0.417. The fourth-order valence-electron chi connectivity index (χ4n) is 2.40. The van der Waals surface area contributed by atoms with Crippen LogP contribution in [0.1, 0.15) is 35.4 Å². The van der Waals surface area contributed by atoms with Gasteiger partial charge in [0, 0.05) is 11.3 Å². The van der Waals surface area contributed by atoms with E-state index in [4.69, 9.17) is 5.73 Å². The molecule has 17 heavy (non-hydrogen) atoms. The summed E-state index contributed by atoms with van der Waals surface area (Å²) in [5.74, 6) is 1.08. The third kappa shape index (κ3) is 2.07. The molecule has 0 bridgehead atoms. The van der Waals surface area contributed by atoms with Crippen molar-refractivity contribution in [1.29, 1.82) is 0 Å². The summed E-state index contributed by atoms with van der Waals surface area (Å²) in [5, 5.41) is 2.10. The molecule has 3 rings (SSSR count). The second-order valence-corrected chi connectivity index (χ2v) is 6.13. The Balaban J connectivity index is 2.00. The zero-order valence-corrected chi connectivity index (χ0v) is 11.8. The molecule has 3 heterocycles. The van der Waals surface area contributed by atoms with E-state index < -0.39 is 0 Å². The van der Waals surface area contributed by atoms with Gasteiger partial charge >= 0.3 is 0 Å². The average molecular weight is 312 g/mol. The van der Waals surface area contributed by atoms with Gasteiger partial charge in [0.2, 0.25) is 0 Å². The van der Waals surface area contributed by atoms with Gasteiger partial charge in [-0.05, 0) is 46.6 Å². The number of rotatable bonds is 2. The minimum Gasteiger partial charge on any atom is -0.315 e. The predicted octanol–water partition coefficient (Wildman–Crippen LogP) is 3.09. The number of hydrogen-bond donors (Lipinski definition) is 1. The maximum Gasteiger partial charge on any atom is 0.127 e. The first kappa shape index (κ1) is 11.4. The zero-order chi connectivity index (χ0) is 11.8. The summed E-state index contributed by atoms with van der Waals surface area (Å²) >= 11 is 5.32. The van der Waals surface area contributed by atoms with Gasteiger partial charge < -0.3 is 10.3 Å². The van der Waals surface area contributed by atoms with Crippen LogP contribution in [0.4, 0.5) is 0 Å². The van der Waals surface area contributed by atoms with E-state index in [2.05, 4.69) is 43.0 Å². The molecule has 90 valence electrons. The SMILES string of the molecule is NC1CCCc2c(Br)nc(Cc3cccs3)n21. The molecule has 0 saturated heterocycles. The maximum absolute atomic E-state index is 6.19. The van der Waals surface area contributed by atoms with E-state index in [1.54, 1.807) is 11.3 Å². The van der Waals surface area contributed by atoms with E-state index in [9.17, 15) is 0 Å². The Labute approximate surface area is 113 Å². The minimum atomic E-state index is 0.0903. The Morgan fingerprint density at radius 2 is 2.47 bits per heavy atom. The van der Waals surface area contributed by atoms with Crippen LogP contribution in [0, 0.1) is 0 Å². The molecule has 0 fully saturated rings. The average Bonchev–Trinajstić information content (AvgIpc) is 2.90. The van der Waals surface area contributed by atoms with E-state index in [1.807, 2.05) is 0 Å². The van der Waals surface area contributed by atoms with Crippen LogP contribution in [0.2, 0.25) is 0 Å². The van der Waals surface area contributed by atoms with Crippen LogP contribution in [-0.4, -0.2) is 9.55 Å². The second-order valence-electron chi connectivity index (χ2n) is 4.35. The van der Waals surface area contributed by atoms with Crippen molar-refractivity contribution in [3.05, 3.63) is 38.5 Å². The lowest BCUT2D eigenvalue weighted by molar-refractivity contribution is 0.403. The maximum atomic E-state index is 6.19. The van der Waals surface area contributed by atoms with E-state index in [-0.39, 0.29) is 6.17 Å². The number of aromatic nitrogens is 2. The van der Waals surface area contributed by atoms with Crippen LogP contribution in [0.3, 0.4) is 0 Å². The van der Waals surface area contributed by atoms with E-state index in [0.29, 0.717) is 0 Å². The van der Waals surface area contributed by atoms with E-state index >= 15 is 0 Å². The highest BCUT2D eigenvalue weighted by molar-refractivity contribution is 9.10. The molecule has 0 saturated carbocycles. The molecule has 1 unspecified atom stereocenters. The number of halogens is 1. The minimum absolute atomic E-state index is 0.0903. The predicted molar refractivity (Wildman–Crippen MR) is 73.2 cm³/mol. The number of thiophene rings is 1. The van der Waals surface area contributed by atoms with Gasteiger partial charge in [0.15, 0.2) is 0 Å². The van der Waals surface area contributed by atoms with Gasteiger partial charge in [-0.1, -0.05) is 6.07 Å². The van der Waals surface area contributed by atoms with Gasteiger partial charge in [0.25, 0.3) is 0 Å². The van der Waals surface area contributed by atoms with Gasteiger partial charge in [-0.3, -0.25) is 0 Å². The Hall–Kier alpha value is -0.650. The molecule has 2 aromatic rings. The monoisotopic (exact) mass is 311 g/mol. The van der Waals surface area contributed by atoms with Gasteiger partial charge in [-0.2, -0.15) is 0 Å². The second kappa shape index (κ2) is 4.55. The molecule has 0 aliphatic carbocycles.